The van der Waals surface area contributed by atoms with Crippen molar-refractivity contribution < 1.29 is 19.7 Å². The highest BCUT2D eigenvalue weighted by atomic mass is 35.5. The van der Waals surface area contributed by atoms with Crippen LogP contribution >= 0.6 is 11.6 Å². The minimum atomic E-state index is -1.01. The van der Waals surface area contributed by atoms with Gasteiger partial charge in [0.2, 0.25) is 5.91 Å². The van der Waals surface area contributed by atoms with Gasteiger partial charge in [-0.1, -0.05) is 17.7 Å². The van der Waals surface area contributed by atoms with Crippen LogP contribution in [0.15, 0.2) is 24.3 Å². The number of carbonyl (C=O) groups excluding carboxylic acids is 1. The van der Waals surface area contributed by atoms with Crippen LogP contribution < -0.4 is 10.1 Å². The summed E-state index contributed by atoms with van der Waals surface area (Å²) in [6, 6.07) is 6.89. The Kier molecular flexibility index (Phi) is 6.08. The van der Waals surface area contributed by atoms with E-state index in [1.807, 2.05) is 0 Å². The summed E-state index contributed by atoms with van der Waals surface area (Å²) >= 11 is 5.80. The van der Waals surface area contributed by atoms with Crippen LogP contribution in [-0.4, -0.2) is 41.5 Å². The summed E-state index contributed by atoms with van der Waals surface area (Å²) in [4.78, 5) is 11.6. The number of carbonyl (C=O) groups is 1. The molecule has 1 rings (SSSR count). The lowest BCUT2D eigenvalue weighted by molar-refractivity contribution is -0.124. The van der Waals surface area contributed by atoms with Crippen molar-refractivity contribution in [3.63, 3.8) is 0 Å². The molecule has 1 amide bonds. The Morgan fingerprint density at radius 3 is 2.68 bits per heavy atom. The van der Waals surface area contributed by atoms with Gasteiger partial charge in [-0.3, -0.25) is 4.79 Å². The number of halogens is 1. The second-order valence-electron chi connectivity index (χ2n) is 4.48. The Hall–Kier alpha value is -1.30. The second kappa shape index (κ2) is 7.33. The molecule has 0 atom stereocenters. The number of ether oxygens (including phenoxy) is 1. The molecule has 0 radical (unpaired) electrons. The molecule has 1 aromatic rings. The van der Waals surface area contributed by atoms with Gasteiger partial charge in [0.1, 0.15) is 5.75 Å². The number of hydrogen-bond donors (Lipinski definition) is 3. The summed E-state index contributed by atoms with van der Waals surface area (Å²) in [6.07, 6.45) is 0.127. The highest BCUT2D eigenvalue weighted by Crippen LogP contribution is 2.17. The molecule has 0 aliphatic carbocycles. The zero-order chi connectivity index (χ0) is 14.3. The van der Waals surface area contributed by atoms with Gasteiger partial charge in [0.25, 0.3) is 0 Å². The SMILES string of the molecule is CC(CO)(CO)NC(=O)CCOc1cccc(Cl)c1. The lowest BCUT2D eigenvalue weighted by Crippen LogP contribution is -2.51. The molecule has 1 aromatic carbocycles. The van der Waals surface area contributed by atoms with Gasteiger partial charge in [-0.15, -0.1) is 0 Å². The number of aliphatic hydroxyl groups excluding tert-OH is 2. The fourth-order valence-electron chi connectivity index (χ4n) is 1.35. The van der Waals surface area contributed by atoms with Crippen molar-refractivity contribution in [3.8, 4) is 5.75 Å². The normalized spacial score (nSPS) is 11.2. The number of nitrogens with one attached hydrogen (secondary N) is 1. The van der Waals surface area contributed by atoms with Crippen LogP contribution in [0, 0.1) is 0 Å². The lowest BCUT2D eigenvalue weighted by Gasteiger charge is -2.26. The van der Waals surface area contributed by atoms with E-state index in [0.717, 1.165) is 0 Å². The molecule has 0 bridgehead atoms. The Morgan fingerprint density at radius 2 is 2.11 bits per heavy atom. The van der Waals surface area contributed by atoms with Crippen molar-refractivity contribution >= 4 is 17.5 Å². The third-order valence-electron chi connectivity index (χ3n) is 2.53. The third-order valence-corrected chi connectivity index (χ3v) is 2.77. The largest absolute Gasteiger partial charge is 0.493 e. The van der Waals surface area contributed by atoms with E-state index in [-0.39, 0.29) is 32.1 Å². The molecule has 6 heteroatoms. The smallest absolute Gasteiger partial charge is 0.224 e. The molecular weight excluding hydrogens is 270 g/mol. The Labute approximate surface area is 117 Å². The predicted octanol–water partition coefficient (Wildman–Crippen LogP) is 0.968. The third kappa shape index (κ3) is 5.46. The number of rotatable bonds is 7. The molecule has 3 N–H and O–H groups in total. The maximum Gasteiger partial charge on any atom is 0.224 e. The van der Waals surface area contributed by atoms with Gasteiger partial charge in [-0.05, 0) is 25.1 Å². The van der Waals surface area contributed by atoms with Crippen LogP contribution in [0.25, 0.3) is 0 Å². The fourth-order valence-corrected chi connectivity index (χ4v) is 1.53. The number of aliphatic hydroxyl groups is 2. The Bertz CT molecular complexity index is 421. The van der Waals surface area contributed by atoms with Gasteiger partial charge < -0.3 is 20.3 Å². The van der Waals surface area contributed by atoms with Crippen LogP contribution in [0.3, 0.4) is 0 Å². The molecule has 0 spiro atoms. The molecule has 0 saturated carbocycles. The standard InChI is InChI=1S/C13H18ClNO4/c1-13(8-16,9-17)15-12(18)5-6-19-11-4-2-3-10(14)7-11/h2-4,7,16-17H,5-6,8-9H2,1H3,(H,15,18). The monoisotopic (exact) mass is 287 g/mol. The summed E-state index contributed by atoms with van der Waals surface area (Å²) in [5, 5.41) is 21.2. The van der Waals surface area contributed by atoms with E-state index in [1.54, 1.807) is 31.2 Å². The van der Waals surface area contributed by atoms with E-state index in [2.05, 4.69) is 5.32 Å². The highest BCUT2D eigenvalue weighted by molar-refractivity contribution is 6.30. The van der Waals surface area contributed by atoms with E-state index in [1.165, 1.54) is 0 Å². The molecule has 0 aliphatic heterocycles. The average Bonchev–Trinajstić information content (AvgIpc) is 2.38. The molecule has 0 unspecified atom stereocenters. The van der Waals surface area contributed by atoms with Crippen molar-refractivity contribution in [1.29, 1.82) is 0 Å². The molecule has 0 aliphatic rings. The molecule has 0 fully saturated rings. The van der Waals surface area contributed by atoms with Gasteiger partial charge >= 0.3 is 0 Å². The van der Waals surface area contributed by atoms with Crippen molar-refractivity contribution in [1.82, 2.24) is 5.32 Å². The van der Waals surface area contributed by atoms with Crippen molar-refractivity contribution in [2.45, 2.75) is 18.9 Å². The molecule has 0 heterocycles. The predicted molar refractivity (Wildman–Crippen MR) is 72.3 cm³/mol. The maximum atomic E-state index is 11.6. The average molecular weight is 288 g/mol. The first-order chi connectivity index (χ1) is 8.99. The van der Waals surface area contributed by atoms with Crippen LogP contribution in [0.5, 0.6) is 5.75 Å². The van der Waals surface area contributed by atoms with Gasteiger partial charge in [0.15, 0.2) is 0 Å². The van der Waals surface area contributed by atoms with E-state index < -0.39 is 5.54 Å². The van der Waals surface area contributed by atoms with E-state index >= 15 is 0 Å². The van der Waals surface area contributed by atoms with E-state index in [0.29, 0.717) is 10.8 Å². The van der Waals surface area contributed by atoms with Crippen LogP contribution in [-0.2, 0) is 4.79 Å². The zero-order valence-corrected chi connectivity index (χ0v) is 11.5. The van der Waals surface area contributed by atoms with E-state index in [4.69, 9.17) is 26.6 Å². The van der Waals surface area contributed by atoms with Gasteiger partial charge in [-0.25, -0.2) is 0 Å². The summed E-state index contributed by atoms with van der Waals surface area (Å²) in [5.41, 5.74) is -1.01. The molecule has 0 saturated heterocycles. The first-order valence-electron chi connectivity index (χ1n) is 5.90. The zero-order valence-electron chi connectivity index (χ0n) is 10.7. The number of benzene rings is 1. The first kappa shape index (κ1) is 15.8. The lowest BCUT2D eigenvalue weighted by atomic mass is 10.1. The first-order valence-corrected chi connectivity index (χ1v) is 6.28. The molecule has 106 valence electrons. The van der Waals surface area contributed by atoms with Crippen molar-refractivity contribution in [2.24, 2.45) is 0 Å². The quantitative estimate of drug-likeness (QED) is 0.698. The number of amides is 1. The molecule has 0 aromatic heterocycles. The Morgan fingerprint density at radius 1 is 1.42 bits per heavy atom. The molecule has 19 heavy (non-hydrogen) atoms. The van der Waals surface area contributed by atoms with Crippen molar-refractivity contribution in [3.05, 3.63) is 29.3 Å². The molecular formula is C13H18ClNO4. The van der Waals surface area contributed by atoms with Gasteiger partial charge in [0, 0.05) is 5.02 Å². The van der Waals surface area contributed by atoms with Gasteiger partial charge in [-0.2, -0.15) is 0 Å². The number of hydrogen-bond acceptors (Lipinski definition) is 4. The fraction of sp³-hybridized carbons (Fsp3) is 0.462. The topological polar surface area (TPSA) is 78.8 Å². The maximum absolute atomic E-state index is 11.6. The van der Waals surface area contributed by atoms with Gasteiger partial charge in [0.05, 0.1) is 31.8 Å². The van der Waals surface area contributed by atoms with Crippen LogP contribution in [0.4, 0.5) is 0 Å². The summed E-state index contributed by atoms with van der Waals surface area (Å²) < 4.78 is 5.37. The highest BCUT2D eigenvalue weighted by Gasteiger charge is 2.24. The van der Waals surface area contributed by atoms with E-state index in [9.17, 15) is 4.79 Å². The molecule has 5 nitrogen and oxygen atoms in total. The minimum Gasteiger partial charge on any atom is -0.493 e. The van der Waals surface area contributed by atoms with Crippen molar-refractivity contribution in [2.75, 3.05) is 19.8 Å². The second-order valence-corrected chi connectivity index (χ2v) is 4.92. The minimum absolute atomic E-state index is 0.127. The summed E-state index contributed by atoms with van der Waals surface area (Å²) in [5.74, 6) is 0.292. The summed E-state index contributed by atoms with van der Waals surface area (Å²) in [6.45, 7) is 1.09. The Balaban J connectivity index is 2.35. The van der Waals surface area contributed by atoms with Crippen LogP contribution in [0.1, 0.15) is 13.3 Å². The summed E-state index contributed by atoms with van der Waals surface area (Å²) in [7, 11) is 0. The van der Waals surface area contributed by atoms with Crippen LogP contribution in [0.2, 0.25) is 5.02 Å².